The number of nitrogens with one attached hydrogen (secondary N) is 2. The summed E-state index contributed by atoms with van der Waals surface area (Å²) in [5.74, 6) is 1.39. The first-order valence-electron chi connectivity index (χ1n) is 7.11. The molecule has 1 aromatic rings. The molecule has 1 aliphatic carbocycles. The number of hydrogen-bond acceptors (Lipinski definition) is 4. The Morgan fingerprint density at radius 3 is 2.68 bits per heavy atom. The van der Waals surface area contributed by atoms with Crippen LogP contribution in [0.3, 0.4) is 0 Å². The van der Waals surface area contributed by atoms with Crippen LogP contribution in [0.25, 0.3) is 0 Å². The van der Waals surface area contributed by atoms with E-state index in [1.54, 1.807) is 12.1 Å². The molecule has 5 heteroatoms. The van der Waals surface area contributed by atoms with Gasteiger partial charge in [-0.3, -0.25) is 4.79 Å². The van der Waals surface area contributed by atoms with Crippen LogP contribution < -0.4 is 10.6 Å². The van der Waals surface area contributed by atoms with Gasteiger partial charge in [-0.2, -0.15) is 0 Å². The highest BCUT2D eigenvalue weighted by Gasteiger charge is 2.25. The van der Waals surface area contributed by atoms with E-state index >= 15 is 0 Å². The van der Waals surface area contributed by atoms with Gasteiger partial charge in [-0.05, 0) is 37.8 Å². The summed E-state index contributed by atoms with van der Waals surface area (Å²) in [6.45, 7) is 4.89. The summed E-state index contributed by atoms with van der Waals surface area (Å²) in [6.07, 6.45) is 4.67. The largest absolute Gasteiger partial charge is 0.369 e. The molecule has 1 saturated carbocycles. The lowest BCUT2D eigenvalue weighted by Crippen LogP contribution is -2.35. The molecule has 0 aromatic carbocycles. The molecular weight excluding hydrogens is 240 g/mol. The van der Waals surface area contributed by atoms with Crippen LogP contribution in [0, 0.1) is 5.92 Å². The highest BCUT2D eigenvalue weighted by atomic mass is 16.2. The van der Waals surface area contributed by atoms with E-state index < -0.39 is 0 Å². The monoisotopic (exact) mass is 262 g/mol. The van der Waals surface area contributed by atoms with Crippen LogP contribution in [0.4, 0.5) is 5.82 Å². The van der Waals surface area contributed by atoms with Gasteiger partial charge < -0.3 is 10.6 Å². The second-order valence-corrected chi connectivity index (χ2v) is 5.09. The minimum atomic E-state index is -0.122. The normalized spacial score (nSPS) is 15.9. The first kappa shape index (κ1) is 13.8. The molecule has 1 atom stereocenters. The van der Waals surface area contributed by atoms with Crippen molar-refractivity contribution in [3.05, 3.63) is 17.8 Å². The number of anilines is 1. The van der Waals surface area contributed by atoms with Gasteiger partial charge in [-0.1, -0.05) is 19.8 Å². The van der Waals surface area contributed by atoms with Gasteiger partial charge in [-0.25, -0.2) is 0 Å². The summed E-state index contributed by atoms with van der Waals surface area (Å²) >= 11 is 0. The highest BCUT2D eigenvalue weighted by Crippen LogP contribution is 2.34. The van der Waals surface area contributed by atoms with E-state index in [0.717, 1.165) is 25.3 Å². The maximum absolute atomic E-state index is 12.1. The minimum absolute atomic E-state index is 0.122. The van der Waals surface area contributed by atoms with E-state index in [2.05, 4.69) is 27.8 Å². The Kier molecular flexibility index (Phi) is 4.71. The van der Waals surface area contributed by atoms with Gasteiger partial charge in [0.25, 0.3) is 5.91 Å². The zero-order valence-electron chi connectivity index (χ0n) is 11.6. The Bertz CT molecular complexity index is 414. The standard InChI is InChI=1S/C14H22N4O/c1-3-11(9-10-5-6-10)16-14(19)12-7-8-13(15-4-2)18-17-12/h7-8,10-11H,3-6,9H2,1-2H3,(H,15,18)(H,16,19). The van der Waals surface area contributed by atoms with Crippen molar-refractivity contribution in [3.63, 3.8) is 0 Å². The lowest BCUT2D eigenvalue weighted by molar-refractivity contribution is 0.0926. The molecule has 1 heterocycles. The number of aromatic nitrogens is 2. The summed E-state index contributed by atoms with van der Waals surface area (Å²) in [4.78, 5) is 12.1. The highest BCUT2D eigenvalue weighted by molar-refractivity contribution is 5.92. The summed E-state index contributed by atoms with van der Waals surface area (Å²) in [7, 11) is 0. The summed E-state index contributed by atoms with van der Waals surface area (Å²) in [6, 6.07) is 3.76. The molecule has 1 unspecified atom stereocenters. The van der Waals surface area contributed by atoms with Gasteiger partial charge in [0.1, 0.15) is 5.82 Å². The van der Waals surface area contributed by atoms with Crippen molar-refractivity contribution >= 4 is 11.7 Å². The minimum Gasteiger partial charge on any atom is -0.369 e. The predicted octanol–water partition coefficient (Wildman–Crippen LogP) is 2.22. The number of carbonyl (C=O) groups is 1. The lowest BCUT2D eigenvalue weighted by Gasteiger charge is -2.16. The van der Waals surface area contributed by atoms with E-state index in [4.69, 9.17) is 0 Å². The van der Waals surface area contributed by atoms with E-state index in [-0.39, 0.29) is 11.9 Å². The molecule has 0 spiro atoms. The van der Waals surface area contributed by atoms with Crippen molar-refractivity contribution in [3.8, 4) is 0 Å². The third-order valence-corrected chi connectivity index (χ3v) is 3.40. The van der Waals surface area contributed by atoms with Gasteiger partial charge in [0.05, 0.1) is 0 Å². The van der Waals surface area contributed by atoms with Crippen LogP contribution >= 0.6 is 0 Å². The maximum Gasteiger partial charge on any atom is 0.272 e. The van der Waals surface area contributed by atoms with Crippen LogP contribution in [-0.2, 0) is 0 Å². The Morgan fingerprint density at radius 1 is 1.37 bits per heavy atom. The molecule has 1 amide bonds. The van der Waals surface area contributed by atoms with E-state index in [1.165, 1.54) is 12.8 Å². The first-order valence-corrected chi connectivity index (χ1v) is 7.11. The quantitative estimate of drug-likeness (QED) is 0.790. The fraction of sp³-hybridized carbons (Fsp3) is 0.643. The third kappa shape index (κ3) is 4.19. The molecule has 0 saturated heterocycles. The second kappa shape index (κ2) is 6.50. The topological polar surface area (TPSA) is 66.9 Å². The average molecular weight is 262 g/mol. The second-order valence-electron chi connectivity index (χ2n) is 5.09. The number of carbonyl (C=O) groups excluding carboxylic acids is 1. The SMILES string of the molecule is CCNc1ccc(C(=O)NC(CC)CC2CC2)nn1. The number of rotatable bonds is 7. The van der Waals surface area contributed by atoms with Crippen molar-refractivity contribution in [2.45, 2.75) is 45.6 Å². The van der Waals surface area contributed by atoms with Crippen molar-refractivity contribution in [2.75, 3.05) is 11.9 Å². The molecule has 104 valence electrons. The Morgan fingerprint density at radius 2 is 2.16 bits per heavy atom. The molecule has 1 fully saturated rings. The summed E-state index contributed by atoms with van der Waals surface area (Å²) in [5.41, 5.74) is 0.385. The van der Waals surface area contributed by atoms with Crippen LogP contribution in [0.15, 0.2) is 12.1 Å². The van der Waals surface area contributed by atoms with E-state index in [0.29, 0.717) is 11.5 Å². The van der Waals surface area contributed by atoms with Crippen LogP contribution in [-0.4, -0.2) is 28.7 Å². The third-order valence-electron chi connectivity index (χ3n) is 3.40. The summed E-state index contributed by atoms with van der Waals surface area (Å²) in [5, 5.41) is 14.0. The Balaban J connectivity index is 1.90. The molecule has 2 rings (SSSR count). The fourth-order valence-electron chi connectivity index (χ4n) is 2.07. The van der Waals surface area contributed by atoms with Gasteiger partial charge in [-0.15, -0.1) is 10.2 Å². The van der Waals surface area contributed by atoms with E-state index in [1.807, 2.05) is 6.92 Å². The molecule has 0 bridgehead atoms. The number of nitrogens with zero attached hydrogens (tertiary/aromatic N) is 2. The van der Waals surface area contributed by atoms with Crippen LogP contribution in [0.5, 0.6) is 0 Å². The van der Waals surface area contributed by atoms with Crippen molar-refractivity contribution < 1.29 is 4.79 Å². The smallest absolute Gasteiger partial charge is 0.272 e. The van der Waals surface area contributed by atoms with Gasteiger partial charge in [0.2, 0.25) is 0 Å². The molecule has 5 nitrogen and oxygen atoms in total. The molecule has 19 heavy (non-hydrogen) atoms. The summed E-state index contributed by atoms with van der Waals surface area (Å²) < 4.78 is 0. The molecule has 1 aliphatic rings. The zero-order chi connectivity index (χ0) is 13.7. The Hall–Kier alpha value is -1.65. The molecular formula is C14H22N4O. The zero-order valence-corrected chi connectivity index (χ0v) is 11.6. The van der Waals surface area contributed by atoms with E-state index in [9.17, 15) is 4.79 Å². The van der Waals surface area contributed by atoms with Crippen molar-refractivity contribution in [1.29, 1.82) is 0 Å². The predicted molar refractivity (Wildman–Crippen MR) is 75.1 cm³/mol. The first-order chi connectivity index (χ1) is 9.22. The number of hydrogen-bond donors (Lipinski definition) is 2. The van der Waals surface area contributed by atoms with Gasteiger partial charge >= 0.3 is 0 Å². The fourth-order valence-corrected chi connectivity index (χ4v) is 2.07. The van der Waals surface area contributed by atoms with Crippen LogP contribution in [0.2, 0.25) is 0 Å². The Labute approximate surface area is 114 Å². The maximum atomic E-state index is 12.1. The van der Waals surface area contributed by atoms with Crippen molar-refractivity contribution in [1.82, 2.24) is 15.5 Å². The molecule has 0 aliphatic heterocycles. The molecule has 2 N–H and O–H groups in total. The number of amides is 1. The average Bonchev–Trinajstić information content (AvgIpc) is 3.23. The van der Waals surface area contributed by atoms with Gasteiger partial charge in [0.15, 0.2) is 5.69 Å². The van der Waals surface area contributed by atoms with Gasteiger partial charge in [0, 0.05) is 12.6 Å². The molecule has 1 aromatic heterocycles. The van der Waals surface area contributed by atoms with Crippen molar-refractivity contribution in [2.24, 2.45) is 5.92 Å². The van der Waals surface area contributed by atoms with Crippen LogP contribution in [0.1, 0.15) is 50.0 Å². The lowest BCUT2D eigenvalue weighted by atomic mass is 10.1. The molecule has 0 radical (unpaired) electrons.